The van der Waals surface area contributed by atoms with Gasteiger partial charge in [0.05, 0.1) is 18.5 Å². The van der Waals surface area contributed by atoms with Crippen molar-refractivity contribution >= 4 is 17.0 Å². The van der Waals surface area contributed by atoms with Crippen LogP contribution in [0.25, 0.3) is 11.2 Å². The average molecular weight is 246 g/mol. The summed E-state index contributed by atoms with van der Waals surface area (Å²) in [6, 6.07) is 0.254. The Morgan fingerprint density at radius 2 is 2.33 bits per heavy atom. The first-order valence-corrected chi connectivity index (χ1v) is 6.12. The third kappa shape index (κ3) is 1.28. The van der Waals surface area contributed by atoms with Gasteiger partial charge in [-0.15, -0.1) is 0 Å². The number of anilines is 1. The van der Waals surface area contributed by atoms with E-state index in [0.29, 0.717) is 11.6 Å². The molecule has 1 aliphatic heterocycles. The number of nitrogens with one attached hydrogen (secondary N) is 2. The van der Waals surface area contributed by atoms with Crippen LogP contribution in [0.5, 0.6) is 0 Å². The molecule has 0 aromatic carbocycles. The van der Waals surface area contributed by atoms with Gasteiger partial charge in [-0.05, 0) is 6.42 Å². The van der Waals surface area contributed by atoms with Crippen LogP contribution in [0.1, 0.15) is 6.42 Å². The SMILES string of the molecule is NC1C2CCOC2C1Nc1ncnc2nc[nH]c12. The van der Waals surface area contributed by atoms with Gasteiger partial charge < -0.3 is 20.8 Å². The number of aromatic nitrogens is 4. The molecule has 4 atom stereocenters. The zero-order chi connectivity index (χ0) is 12.1. The molecular formula is C11H14N6O. The normalized spacial score (nSPS) is 34.3. The lowest BCUT2D eigenvalue weighted by Gasteiger charge is -2.45. The van der Waals surface area contributed by atoms with Gasteiger partial charge >= 0.3 is 0 Å². The molecular weight excluding hydrogens is 232 g/mol. The Balaban J connectivity index is 1.63. The average Bonchev–Trinajstić information content (AvgIpc) is 3.02. The van der Waals surface area contributed by atoms with Crippen molar-refractivity contribution in [3.05, 3.63) is 12.7 Å². The standard InChI is InChI=1S/C11H14N6O/c12-6-5-1-2-18-9(5)7(6)17-11-8-10(14-3-13-8)15-4-16-11/h3-7,9H,1-2,12H2,(H2,13,14,15,16,17). The molecule has 18 heavy (non-hydrogen) atoms. The Morgan fingerprint density at radius 1 is 1.39 bits per heavy atom. The van der Waals surface area contributed by atoms with Gasteiger partial charge in [-0.25, -0.2) is 15.0 Å². The molecule has 4 unspecified atom stereocenters. The maximum absolute atomic E-state index is 6.16. The summed E-state index contributed by atoms with van der Waals surface area (Å²) in [5.74, 6) is 1.23. The second-order valence-electron chi connectivity index (χ2n) is 4.86. The third-order valence-corrected chi connectivity index (χ3v) is 3.97. The van der Waals surface area contributed by atoms with Gasteiger partial charge in [0.25, 0.3) is 0 Å². The summed E-state index contributed by atoms with van der Waals surface area (Å²) >= 11 is 0. The smallest absolute Gasteiger partial charge is 0.182 e. The third-order valence-electron chi connectivity index (χ3n) is 3.97. The number of rotatable bonds is 2. The van der Waals surface area contributed by atoms with Crippen LogP contribution in [0.2, 0.25) is 0 Å². The van der Waals surface area contributed by atoms with E-state index in [0.717, 1.165) is 24.4 Å². The largest absolute Gasteiger partial charge is 0.376 e. The molecule has 2 fully saturated rings. The number of hydrogen-bond acceptors (Lipinski definition) is 6. The predicted molar refractivity (Wildman–Crippen MR) is 64.9 cm³/mol. The van der Waals surface area contributed by atoms with Gasteiger partial charge in [0.15, 0.2) is 11.5 Å². The second kappa shape index (κ2) is 3.63. The number of nitrogens with two attached hydrogens (primary N) is 1. The Bertz CT molecular complexity index is 584. The van der Waals surface area contributed by atoms with Gasteiger partial charge in [0.2, 0.25) is 0 Å². The maximum atomic E-state index is 6.16. The number of ether oxygens (including phenoxy) is 1. The van der Waals surface area contributed by atoms with Gasteiger partial charge in [-0.3, -0.25) is 0 Å². The van der Waals surface area contributed by atoms with E-state index in [4.69, 9.17) is 10.5 Å². The number of hydrogen-bond donors (Lipinski definition) is 3. The number of aromatic amines is 1. The zero-order valence-corrected chi connectivity index (χ0v) is 9.71. The quantitative estimate of drug-likeness (QED) is 0.682. The highest BCUT2D eigenvalue weighted by Crippen LogP contribution is 2.39. The van der Waals surface area contributed by atoms with Crippen molar-refractivity contribution in [1.29, 1.82) is 0 Å². The van der Waals surface area contributed by atoms with Crippen LogP contribution in [0.4, 0.5) is 5.82 Å². The van der Waals surface area contributed by atoms with Crippen molar-refractivity contribution in [1.82, 2.24) is 19.9 Å². The molecule has 0 spiro atoms. The van der Waals surface area contributed by atoms with E-state index in [1.807, 2.05) is 0 Å². The van der Waals surface area contributed by atoms with Crippen molar-refractivity contribution in [2.24, 2.45) is 11.7 Å². The Kier molecular flexibility index (Phi) is 2.06. The van der Waals surface area contributed by atoms with Crippen LogP contribution < -0.4 is 11.1 Å². The van der Waals surface area contributed by atoms with Crippen molar-refractivity contribution < 1.29 is 4.74 Å². The van der Waals surface area contributed by atoms with Crippen molar-refractivity contribution in [3.8, 4) is 0 Å². The fourth-order valence-corrected chi connectivity index (χ4v) is 2.96. The Hall–Kier alpha value is -1.73. The summed E-state index contributed by atoms with van der Waals surface area (Å²) in [5.41, 5.74) is 7.63. The highest BCUT2D eigenvalue weighted by atomic mass is 16.5. The molecule has 4 N–H and O–H groups in total. The van der Waals surface area contributed by atoms with Crippen molar-refractivity contribution in [3.63, 3.8) is 0 Å². The molecule has 2 aromatic heterocycles. The first-order chi connectivity index (χ1) is 8.84. The molecule has 7 heteroatoms. The molecule has 2 aliphatic rings. The first-order valence-electron chi connectivity index (χ1n) is 6.12. The summed E-state index contributed by atoms with van der Waals surface area (Å²) in [6.07, 6.45) is 4.39. The van der Waals surface area contributed by atoms with Crippen LogP contribution in [-0.2, 0) is 4.74 Å². The minimum absolute atomic E-state index is 0.124. The van der Waals surface area contributed by atoms with Crippen molar-refractivity contribution in [2.45, 2.75) is 24.6 Å². The Labute approximate surface area is 103 Å². The van der Waals surface area contributed by atoms with Crippen LogP contribution in [0.3, 0.4) is 0 Å². The molecule has 0 radical (unpaired) electrons. The Morgan fingerprint density at radius 3 is 3.28 bits per heavy atom. The molecule has 0 bridgehead atoms. The topological polar surface area (TPSA) is 102 Å². The van der Waals surface area contributed by atoms with E-state index in [1.54, 1.807) is 6.33 Å². The summed E-state index contributed by atoms with van der Waals surface area (Å²) in [5, 5.41) is 3.36. The van der Waals surface area contributed by atoms with E-state index in [-0.39, 0.29) is 18.2 Å². The van der Waals surface area contributed by atoms with E-state index in [2.05, 4.69) is 25.3 Å². The highest BCUT2D eigenvalue weighted by molar-refractivity contribution is 5.82. The van der Waals surface area contributed by atoms with Crippen LogP contribution in [0.15, 0.2) is 12.7 Å². The summed E-state index contributed by atoms with van der Waals surface area (Å²) in [4.78, 5) is 15.5. The lowest BCUT2D eigenvalue weighted by atomic mass is 9.72. The predicted octanol–water partition coefficient (Wildman–Crippen LogP) is -0.121. The molecule has 7 nitrogen and oxygen atoms in total. The second-order valence-corrected chi connectivity index (χ2v) is 4.86. The monoisotopic (exact) mass is 246 g/mol. The first kappa shape index (κ1) is 10.2. The van der Waals surface area contributed by atoms with Crippen molar-refractivity contribution in [2.75, 3.05) is 11.9 Å². The molecule has 2 aromatic rings. The molecule has 3 heterocycles. The molecule has 1 saturated carbocycles. The van der Waals surface area contributed by atoms with Crippen LogP contribution in [0, 0.1) is 5.92 Å². The van der Waals surface area contributed by atoms with Gasteiger partial charge in [-0.1, -0.05) is 0 Å². The summed E-state index contributed by atoms with van der Waals surface area (Å²) in [6.45, 7) is 0.810. The lowest BCUT2D eigenvalue weighted by molar-refractivity contribution is 0.00528. The lowest BCUT2D eigenvalue weighted by Crippen LogP contribution is -2.65. The number of nitrogens with zero attached hydrogens (tertiary/aromatic N) is 3. The number of H-pyrrole nitrogens is 1. The van der Waals surface area contributed by atoms with Gasteiger partial charge in [0.1, 0.15) is 11.8 Å². The molecule has 1 saturated heterocycles. The van der Waals surface area contributed by atoms with E-state index < -0.39 is 0 Å². The molecule has 94 valence electrons. The fourth-order valence-electron chi connectivity index (χ4n) is 2.96. The fraction of sp³-hybridized carbons (Fsp3) is 0.545. The van der Waals surface area contributed by atoms with E-state index in [1.165, 1.54) is 6.33 Å². The maximum Gasteiger partial charge on any atom is 0.182 e. The summed E-state index contributed by atoms with van der Waals surface area (Å²) < 4.78 is 5.69. The zero-order valence-electron chi connectivity index (χ0n) is 9.71. The molecule has 4 rings (SSSR count). The van der Waals surface area contributed by atoms with E-state index in [9.17, 15) is 0 Å². The van der Waals surface area contributed by atoms with Gasteiger partial charge in [0, 0.05) is 18.6 Å². The molecule has 1 aliphatic carbocycles. The highest BCUT2D eigenvalue weighted by Gasteiger charge is 2.52. The number of fused-ring (bicyclic) bond motifs is 2. The molecule has 0 amide bonds. The minimum Gasteiger partial charge on any atom is -0.376 e. The van der Waals surface area contributed by atoms with Crippen LogP contribution >= 0.6 is 0 Å². The number of imidazole rings is 1. The summed E-state index contributed by atoms with van der Waals surface area (Å²) in [7, 11) is 0. The van der Waals surface area contributed by atoms with Crippen LogP contribution in [-0.4, -0.2) is 44.7 Å². The van der Waals surface area contributed by atoms with Gasteiger partial charge in [-0.2, -0.15) is 0 Å². The van der Waals surface area contributed by atoms with E-state index >= 15 is 0 Å². The minimum atomic E-state index is 0.124.